The fourth-order valence-electron chi connectivity index (χ4n) is 1.56. The number of nitrogens with zero attached hydrogens (tertiary/aromatic N) is 1. The zero-order valence-electron chi connectivity index (χ0n) is 9.87. The van der Waals surface area contributed by atoms with Crippen molar-refractivity contribution in [2.75, 3.05) is 6.54 Å². The molecule has 0 bridgehead atoms. The van der Waals surface area contributed by atoms with E-state index in [4.69, 9.17) is 0 Å². The van der Waals surface area contributed by atoms with E-state index in [2.05, 4.69) is 43.1 Å². The lowest BCUT2D eigenvalue weighted by Gasteiger charge is -2.00. The SMILES string of the molecule is CCCCCCN=C(C)c1ccccc1. The number of hydrogen-bond donors (Lipinski definition) is 0. The molecule has 0 saturated heterocycles. The minimum absolute atomic E-state index is 0.973. The van der Waals surface area contributed by atoms with Crippen LogP contribution in [0.3, 0.4) is 0 Å². The van der Waals surface area contributed by atoms with Gasteiger partial charge in [-0.05, 0) is 18.9 Å². The molecule has 0 radical (unpaired) electrons. The van der Waals surface area contributed by atoms with Gasteiger partial charge < -0.3 is 0 Å². The van der Waals surface area contributed by atoms with Gasteiger partial charge in [-0.2, -0.15) is 0 Å². The monoisotopic (exact) mass is 203 g/mol. The molecule has 0 N–H and O–H groups in total. The van der Waals surface area contributed by atoms with Crippen LogP contribution >= 0.6 is 0 Å². The smallest absolute Gasteiger partial charge is 0.0392 e. The molecule has 0 spiro atoms. The molecule has 0 unspecified atom stereocenters. The maximum atomic E-state index is 4.58. The first-order chi connectivity index (χ1) is 7.34. The normalized spacial score (nSPS) is 11.7. The second kappa shape index (κ2) is 7.22. The molecule has 1 nitrogen and oxygen atoms in total. The predicted molar refractivity (Wildman–Crippen MR) is 67.7 cm³/mol. The number of unbranched alkanes of at least 4 members (excludes halogenated alkanes) is 3. The fraction of sp³-hybridized carbons (Fsp3) is 0.500. The van der Waals surface area contributed by atoms with Crippen LogP contribution in [0.4, 0.5) is 0 Å². The lowest BCUT2D eigenvalue weighted by Crippen LogP contribution is -1.95. The summed E-state index contributed by atoms with van der Waals surface area (Å²) >= 11 is 0. The molecule has 0 atom stereocenters. The molecule has 1 aromatic rings. The van der Waals surface area contributed by atoms with Gasteiger partial charge in [-0.25, -0.2) is 0 Å². The highest BCUT2D eigenvalue weighted by atomic mass is 14.7. The Labute approximate surface area is 93.2 Å². The molecular formula is C14H21N. The molecule has 0 heterocycles. The Bertz CT molecular complexity index is 287. The Hall–Kier alpha value is -1.11. The third-order valence-corrected chi connectivity index (χ3v) is 2.55. The average molecular weight is 203 g/mol. The summed E-state index contributed by atoms with van der Waals surface area (Å²) in [5.74, 6) is 0. The average Bonchev–Trinajstić information content (AvgIpc) is 2.30. The zero-order valence-corrected chi connectivity index (χ0v) is 9.87. The van der Waals surface area contributed by atoms with Gasteiger partial charge in [0.05, 0.1) is 0 Å². The van der Waals surface area contributed by atoms with Crippen molar-refractivity contribution < 1.29 is 0 Å². The third-order valence-electron chi connectivity index (χ3n) is 2.55. The Morgan fingerprint density at radius 2 is 1.80 bits per heavy atom. The second-order valence-corrected chi connectivity index (χ2v) is 3.89. The van der Waals surface area contributed by atoms with E-state index in [1.807, 2.05) is 6.07 Å². The Morgan fingerprint density at radius 3 is 2.47 bits per heavy atom. The quantitative estimate of drug-likeness (QED) is 0.488. The summed E-state index contributed by atoms with van der Waals surface area (Å²) in [4.78, 5) is 4.58. The van der Waals surface area contributed by atoms with Crippen LogP contribution in [0.15, 0.2) is 35.3 Å². The van der Waals surface area contributed by atoms with Crippen LogP contribution in [0.25, 0.3) is 0 Å². The summed E-state index contributed by atoms with van der Waals surface area (Å²) in [5, 5.41) is 0. The van der Waals surface area contributed by atoms with Gasteiger partial charge in [-0.3, -0.25) is 4.99 Å². The standard InChI is InChI=1S/C14H21N/c1-3-4-5-9-12-15-13(2)14-10-7-6-8-11-14/h6-8,10-11H,3-5,9,12H2,1-2H3. The van der Waals surface area contributed by atoms with Crippen LogP contribution in [0, 0.1) is 0 Å². The van der Waals surface area contributed by atoms with Gasteiger partial charge >= 0.3 is 0 Å². The number of rotatable bonds is 6. The summed E-state index contributed by atoms with van der Waals surface area (Å²) in [6, 6.07) is 10.4. The molecule has 0 aliphatic carbocycles. The molecule has 0 saturated carbocycles. The minimum atomic E-state index is 0.973. The predicted octanol–water partition coefficient (Wildman–Crippen LogP) is 4.08. The highest BCUT2D eigenvalue weighted by Crippen LogP contribution is 2.03. The van der Waals surface area contributed by atoms with Crippen molar-refractivity contribution in [3.63, 3.8) is 0 Å². The van der Waals surface area contributed by atoms with E-state index in [1.165, 1.54) is 31.2 Å². The van der Waals surface area contributed by atoms with Crippen molar-refractivity contribution in [1.82, 2.24) is 0 Å². The summed E-state index contributed by atoms with van der Waals surface area (Å²) < 4.78 is 0. The van der Waals surface area contributed by atoms with Gasteiger partial charge in [0.2, 0.25) is 0 Å². The van der Waals surface area contributed by atoms with E-state index in [0.717, 1.165) is 12.3 Å². The molecule has 1 aromatic carbocycles. The van der Waals surface area contributed by atoms with E-state index >= 15 is 0 Å². The summed E-state index contributed by atoms with van der Waals surface area (Å²) in [6.45, 7) is 5.30. The van der Waals surface area contributed by atoms with E-state index in [9.17, 15) is 0 Å². The zero-order chi connectivity index (χ0) is 10.9. The molecule has 0 aliphatic heterocycles. The minimum Gasteiger partial charge on any atom is -0.289 e. The van der Waals surface area contributed by atoms with Crippen molar-refractivity contribution in [3.05, 3.63) is 35.9 Å². The maximum Gasteiger partial charge on any atom is 0.0392 e. The van der Waals surface area contributed by atoms with E-state index in [0.29, 0.717) is 0 Å². The Balaban J connectivity index is 2.33. The van der Waals surface area contributed by atoms with Gasteiger partial charge in [-0.1, -0.05) is 56.5 Å². The highest BCUT2D eigenvalue weighted by molar-refractivity contribution is 5.98. The first-order valence-electron chi connectivity index (χ1n) is 5.91. The lowest BCUT2D eigenvalue weighted by molar-refractivity contribution is 0.675. The molecule has 82 valence electrons. The van der Waals surface area contributed by atoms with Gasteiger partial charge in [0, 0.05) is 12.3 Å². The number of aliphatic imine (C=N–C) groups is 1. The van der Waals surface area contributed by atoms with E-state index < -0.39 is 0 Å². The van der Waals surface area contributed by atoms with Crippen molar-refractivity contribution in [2.45, 2.75) is 39.5 Å². The van der Waals surface area contributed by atoms with Gasteiger partial charge in [0.25, 0.3) is 0 Å². The fourth-order valence-corrected chi connectivity index (χ4v) is 1.56. The number of benzene rings is 1. The summed E-state index contributed by atoms with van der Waals surface area (Å²) in [5.41, 5.74) is 2.40. The van der Waals surface area contributed by atoms with E-state index in [1.54, 1.807) is 0 Å². The summed E-state index contributed by atoms with van der Waals surface area (Å²) in [7, 11) is 0. The molecule has 1 heteroatoms. The first-order valence-corrected chi connectivity index (χ1v) is 5.91. The molecule has 15 heavy (non-hydrogen) atoms. The summed E-state index contributed by atoms with van der Waals surface area (Å²) in [6.07, 6.45) is 5.15. The van der Waals surface area contributed by atoms with Crippen LogP contribution < -0.4 is 0 Å². The molecule has 0 fully saturated rings. The first kappa shape index (κ1) is 12.0. The van der Waals surface area contributed by atoms with Gasteiger partial charge in [0.1, 0.15) is 0 Å². The molecule has 0 aromatic heterocycles. The molecule has 0 amide bonds. The highest BCUT2D eigenvalue weighted by Gasteiger charge is 1.94. The molecule has 0 aliphatic rings. The van der Waals surface area contributed by atoms with Crippen LogP contribution in [0.2, 0.25) is 0 Å². The van der Waals surface area contributed by atoms with Gasteiger partial charge in [0.15, 0.2) is 0 Å². The van der Waals surface area contributed by atoms with Crippen molar-refractivity contribution >= 4 is 5.71 Å². The topological polar surface area (TPSA) is 12.4 Å². The number of hydrogen-bond acceptors (Lipinski definition) is 1. The van der Waals surface area contributed by atoms with Crippen LogP contribution in [-0.4, -0.2) is 12.3 Å². The molecule has 1 rings (SSSR count). The maximum absolute atomic E-state index is 4.58. The largest absolute Gasteiger partial charge is 0.289 e. The molecular weight excluding hydrogens is 182 g/mol. The second-order valence-electron chi connectivity index (χ2n) is 3.89. The van der Waals surface area contributed by atoms with Crippen LogP contribution in [0.5, 0.6) is 0 Å². The van der Waals surface area contributed by atoms with E-state index in [-0.39, 0.29) is 0 Å². The van der Waals surface area contributed by atoms with Crippen LogP contribution in [-0.2, 0) is 0 Å². The van der Waals surface area contributed by atoms with Crippen molar-refractivity contribution in [3.8, 4) is 0 Å². The van der Waals surface area contributed by atoms with Crippen molar-refractivity contribution in [2.24, 2.45) is 4.99 Å². The Morgan fingerprint density at radius 1 is 1.07 bits per heavy atom. The van der Waals surface area contributed by atoms with Crippen molar-refractivity contribution in [1.29, 1.82) is 0 Å². The van der Waals surface area contributed by atoms with Crippen LogP contribution in [0.1, 0.15) is 45.1 Å². The lowest BCUT2D eigenvalue weighted by atomic mass is 10.1. The Kier molecular flexibility index (Phi) is 5.76. The third kappa shape index (κ3) is 4.78. The van der Waals surface area contributed by atoms with Gasteiger partial charge in [-0.15, -0.1) is 0 Å².